The highest BCUT2D eigenvalue weighted by molar-refractivity contribution is 6.43. The lowest BCUT2D eigenvalue weighted by atomic mass is 10.0. The van der Waals surface area contributed by atoms with E-state index in [9.17, 15) is 5.11 Å². The first-order valence-electron chi connectivity index (χ1n) is 5.04. The SMILES string of the molecule is Nc1c(Cl)ccc(-c2cc(O)c(Cl)c(N)c2Cl)c1Cl. The number of nitrogens with two attached hydrogens (primary N) is 2. The normalized spacial score (nSPS) is 10.7. The first kappa shape index (κ1) is 14.4. The Bertz CT molecular complexity index is 674. The third-order valence-corrected chi connectivity index (χ3v) is 4.17. The van der Waals surface area contributed by atoms with Crippen molar-refractivity contribution in [1.82, 2.24) is 0 Å². The van der Waals surface area contributed by atoms with Crippen LogP contribution in [0.15, 0.2) is 18.2 Å². The van der Waals surface area contributed by atoms with E-state index < -0.39 is 0 Å². The van der Waals surface area contributed by atoms with Crippen molar-refractivity contribution < 1.29 is 5.11 Å². The zero-order chi connectivity index (χ0) is 14.3. The predicted octanol–water partition coefficient (Wildman–Crippen LogP) is 4.84. The molecule has 2 aromatic rings. The van der Waals surface area contributed by atoms with Crippen LogP contribution in [-0.2, 0) is 0 Å². The monoisotopic (exact) mass is 336 g/mol. The Balaban J connectivity index is 2.77. The molecule has 0 aliphatic rings. The van der Waals surface area contributed by atoms with Gasteiger partial charge in [-0.25, -0.2) is 0 Å². The van der Waals surface area contributed by atoms with Gasteiger partial charge in [-0.15, -0.1) is 0 Å². The second-order valence-electron chi connectivity index (χ2n) is 3.81. The molecule has 7 heteroatoms. The molecule has 0 radical (unpaired) electrons. The van der Waals surface area contributed by atoms with Crippen LogP contribution >= 0.6 is 46.4 Å². The molecule has 0 unspecified atom stereocenters. The van der Waals surface area contributed by atoms with E-state index >= 15 is 0 Å². The molecule has 0 heterocycles. The maximum atomic E-state index is 9.71. The molecule has 0 atom stereocenters. The van der Waals surface area contributed by atoms with Gasteiger partial charge in [0.25, 0.3) is 0 Å². The van der Waals surface area contributed by atoms with Crippen molar-refractivity contribution in [2.75, 3.05) is 11.5 Å². The molecule has 0 spiro atoms. The van der Waals surface area contributed by atoms with E-state index in [0.29, 0.717) is 16.1 Å². The number of anilines is 2. The third-order valence-electron chi connectivity index (χ3n) is 2.63. The van der Waals surface area contributed by atoms with Gasteiger partial charge >= 0.3 is 0 Å². The molecule has 5 N–H and O–H groups in total. The van der Waals surface area contributed by atoms with Crippen LogP contribution in [0, 0.1) is 0 Å². The van der Waals surface area contributed by atoms with Crippen molar-refractivity contribution in [3.8, 4) is 16.9 Å². The van der Waals surface area contributed by atoms with Gasteiger partial charge in [0, 0.05) is 11.1 Å². The molecule has 0 fully saturated rings. The second kappa shape index (κ2) is 5.17. The quantitative estimate of drug-likeness (QED) is 0.652. The number of phenolic OH excluding ortho intramolecular Hbond substituents is 1. The van der Waals surface area contributed by atoms with E-state index in [1.54, 1.807) is 12.1 Å². The first-order valence-corrected chi connectivity index (χ1v) is 6.56. The third kappa shape index (κ3) is 2.39. The molecule has 2 aromatic carbocycles. The Morgan fingerprint density at radius 3 is 2.00 bits per heavy atom. The zero-order valence-corrected chi connectivity index (χ0v) is 12.4. The average Bonchev–Trinajstić information content (AvgIpc) is 2.39. The van der Waals surface area contributed by atoms with Crippen LogP contribution in [0.25, 0.3) is 11.1 Å². The second-order valence-corrected chi connectivity index (χ2v) is 5.35. The standard InChI is InChI=1S/C12H8Cl4N2O/c13-6-2-1-4(8(14)11(6)17)5-3-7(19)10(16)12(18)9(5)15/h1-3,19H,17-18H2. The fraction of sp³-hybridized carbons (Fsp3) is 0. The average molecular weight is 338 g/mol. The minimum Gasteiger partial charge on any atom is -0.506 e. The van der Waals surface area contributed by atoms with Crippen LogP contribution in [0.4, 0.5) is 11.4 Å². The van der Waals surface area contributed by atoms with Gasteiger partial charge in [-0.2, -0.15) is 0 Å². The summed E-state index contributed by atoms with van der Waals surface area (Å²) in [6.45, 7) is 0. The molecule has 0 saturated heterocycles. The fourth-order valence-corrected chi connectivity index (χ4v) is 2.54. The van der Waals surface area contributed by atoms with Crippen molar-refractivity contribution in [3.05, 3.63) is 38.3 Å². The summed E-state index contributed by atoms with van der Waals surface area (Å²) >= 11 is 23.9. The van der Waals surface area contributed by atoms with Gasteiger partial charge in [0.05, 0.1) is 26.4 Å². The summed E-state index contributed by atoms with van der Waals surface area (Å²) in [7, 11) is 0. The minimum atomic E-state index is -0.192. The molecule has 3 nitrogen and oxygen atoms in total. The fourth-order valence-electron chi connectivity index (χ4n) is 1.62. The maximum Gasteiger partial charge on any atom is 0.137 e. The lowest BCUT2D eigenvalue weighted by Crippen LogP contribution is -1.94. The minimum absolute atomic E-state index is 0.00759. The van der Waals surface area contributed by atoms with E-state index in [0.717, 1.165) is 0 Å². The van der Waals surface area contributed by atoms with E-state index in [2.05, 4.69) is 0 Å². The highest BCUT2D eigenvalue weighted by atomic mass is 35.5. The molecule has 0 aliphatic heterocycles. The Morgan fingerprint density at radius 2 is 1.37 bits per heavy atom. The Kier molecular flexibility index (Phi) is 3.92. The molecular weight excluding hydrogens is 330 g/mol. The molecule has 0 aromatic heterocycles. The van der Waals surface area contributed by atoms with Gasteiger partial charge in [-0.1, -0.05) is 52.5 Å². The van der Waals surface area contributed by atoms with Crippen molar-refractivity contribution >= 4 is 57.8 Å². The predicted molar refractivity (Wildman–Crippen MR) is 82.4 cm³/mol. The van der Waals surface area contributed by atoms with Gasteiger partial charge in [-0.05, 0) is 12.1 Å². The highest BCUT2D eigenvalue weighted by Crippen LogP contribution is 2.45. The molecule has 19 heavy (non-hydrogen) atoms. The van der Waals surface area contributed by atoms with Gasteiger partial charge in [0.15, 0.2) is 0 Å². The maximum absolute atomic E-state index is 9.71. The summed E-state index contributed by atoms with van der Waals surface area (Å²) in [4.78, 5) is 0. The van der Waals surface area contributed by atoms with Crippen LogP contribution in [0.3, 0.4) is 0 Å². The van der Waals surface area contributed by atoms with Gasteiger partial charge in [0.2, 0.25) is 0 Å². The smallest absolute Gasteiger partial charge is 0.137 e. The summed E-state index contributed by atoms with van der Waals surface area (Å²) in [6.07, 6.45) is 0. The van der Waals surface area contributed by atoms with Crippen LogP contribution in [0.2, 0.25) is 20.1 Å². The summed E-state index contributed by atoms with van der Waals surface area (Å²) in [6, 6.07) is 4.58. The number of aromatic hydroxyl groups is 1. The van der Waals surface area contributed by atoms with E-state index in [1.165, 1.54) is 6.07 Å². The Labute approximate surface area is 129 Å². The highest BCUT2D eigenvalue weighted by Gasteiger charge is 2.18. The number of hydrogen-bond acceptors (Lipinski definition) is 3. The first-order chi connectivity index (χ1) is 8.84. The van der Waals surface area contributed by atoms with E-state index in [4.69, 9.17) is 57.9 Å². The molecule has 100 valence electrons. The zero-order valence-electron chi connectivity index (χ0n) is 9.35. The summed E-state index contributed by atoms with van der Waals surface area (Å²) in [5, 5.41) is 10.5. The number of rotatable bonds is 1. The van der Waals surface area contributed by atoms with Crippen LogP contribution in [-0.4, -0.2) is 5.11 Å². The molecule has 0 amide bonds. The molecule has 0 aliphatic carbocycles. The van der Waals surface area contributed by atoms with Crippen LogP contribution < -0.4 is 11.5 Å². The van der Waals surface area contributed by atoms with Crippen molar-refractivity contribution in [3.63, 3.8) is 0 Å². The molecular formula is C12H8Cl4N2O. The van der Waals surface area contributed by atoms with Crippen molar-refractivity contribution in [2.45, 2.75) is 0 Å². The van der Waals surface area contributed by atoms with Crippen molar-refractivity contribution in [1.29, 1.82) is 0 Å². The largest absolute Gasteiger partial charge is 0.506 e. The summed E-state index contributed by atoms with van der Waals surface area (Å²) in [5.41, 5.74) is 12.7. The Hall–Kier alpha value is -1.00. The molecule has 2 rings (SSSR count). The van der Waals surface area contributed by atoms with Gasteiger partial charge < -0.3 is 16.6 Å². The lowest BCUT2D eigenvalue weighted by Gasteiger charge is -2.13. The number of halogens is 4. The van der Waals surface area contributed by atoms with E-state index in [1.807, 2.05) is 0 Å². The summed E-state index contributed by atoms with van der Waals surface area (Å²) in [5.74, 6) is -0.192. The lowest BCUT2D eigenvalue weighted by molar-refractivity contribution is 0.476. The Morgan fingerprint density at radius 1 is 0.789 bits per heavy atom. The van der Waals surface area contributed by atoms with Crippen LogP contribution in [0.1, 0.15) is 0 Å². The van der Waals surface area contributed by atoms with Crippen LogP contribution in [0.5, 0.6) is 5.75 Å². The van der Waals surface area contributed by atoms with Crippen molar-refractivity contribution in [2.24, 2.45) is 0 Å². The number of benzene rings is 2. The number of nitrogen functional groups attached to an aromatic ring is 2. The number of phenols is 1. The summed E-state index contributed by atoms with van der Waals surface area (Å²) < 4.78 is 0. The molecule has 0 saturated carbocycles. The number of hydrogen-bond donors (Lipinski definition) is 3. The van der Waals surface area contributed by atoms with Gasteiger partial charge in [0.1, 0.15) is 10.8 Å². The van der Waals surface area contributed by atoms with Gasteiger partial charge in [-0.3, -0.25) is 0 Å². The van der Waals surface area contributed by atoms with E-state index in [-0.39, 0.29) is 32.2 Å². The topological polar surface area (TPSA) is 72.3 Å². The molecule has 0 bridgehead atoms.